The lowest BCUT2D eigenvalue weighted by Gasteiger charge is -1.95. The van der Waals surface area contributed by atoms with Crippen LogP contribution < -0.4 is 0 Å². The van der Waals surface area contributed by atoms with Crippen LogP contribution in [0.25, 0.3) is 6.08 Å². The number of allylic oxidation sites excluding steroid dienone is 1. The highest BCUT2D eigenvalue weighted by molar-refractivity contribution is 6.06. The van der Waals surface area contributed by atoms with E-state index in [9.17, 15) is 25.0 Å². The molecule has 8 heteroatoms. The van der Waals surface area contributed by atoms with E-state index in [1.165, 1.54) is 48.6 Å². The minimum Gasteiger partial charge on any atom is -0.401 e. The van der Waals surface area contributed by atoms with E-state index in [2.05, 4.69) is 0 Å². The summed E-state index contributed by atoms with van der Waals surface area (Å²) < 4.78 is 4.85. The summed E-state index contributed by atoms with van der Waals surface area (Å²) in [4.78, 5) is 31.5. The number of ketones is 1. The predicted molar refractivity (Wildman–Crippen MR) is 71.8 cm³/mol. The summed E-state index contributed by atoms with van der Waals surface area (Å²) in [5.41, 5.74) is 0.148. The van der Waals surface area contributed by atoms with Crippen molar-refractivity contribution >= 4 is 23.4 Å². The number of rotatable bonds is 5. The van der Waals surface area contributed by atoms with Gasteiger partial charge >= 0.3 is 5.88 Å². The van der Waals surface area contributed by atoms with Crippen LogP contribution in [0.15, 0.2) is 46.9 Å². The minimum absolute atomic E-state index is 0.114. The third-order valence-electron chi connectivity index (χ3n) is 2.55. The molecule has 8 nitrogen and oxygen atoms in total. The second-order valence-electron chi connectivity index (χ2n) is 3.93. The van der Waals surface area contributed by atoms with Gasteiger partial charge in [-0.3, -0.25) is 25.0 Å². The van der Waals surface area contributed by atoms with E-state index in [0.717, 1.165) is 0 Å². The monoisotopic (exact) mass is 288 g/mol. The van der Waals surface area contributed by atoms with Crippen molar-refractivity contribution in [2.75, 3.05) is 0 Å². The van der Waals surface area contributed by atoms with Crippen LogP contribution in [-0.2, 0) is 0 Å². The van der Waals surface area contributed by atoms with Crippen molar-refractivity contribution in [2.24, 2.45) is 0 Å². The average Bonchev–Trinajstić information content (AvgIpc) is 2.94. The highest BCUT2D eigenvalue weighted by atomic mass is 16.6. The molecule has 2 aromatic rings. The molecular weight excluding hydrogens is 280 g/mol. The topological polar surface area (TPSA) is 116 Å². The Bertz CT molecular complexity index is 729. The van der Waals surface area contributed by atoms with E-state index in [1.54, 1.807) is 0 Å². The fourth-order valence-electron chi connectivity index (χ4n) is 1.53. The standard InChI is InChI=1S/C13H8N2O6/c16-12(9-1-3-10(4-2-9)14(17)18)7-5-11-6-8-13(21-11)15(19)20/h1-8H. The van der Waals surface area contributed by atoms with E-state index < -0.39 is 21.5 Å². The quantitative estimate of drug-likeness (QED) is 0.361. The number of hydrogen-bond acceptors (Lipinski definition) is 6. The number of carbonyl (C=O) groups is 1. The van der Waals surface area contributed by atoms with Crippen LogP contribution in [0.2, 0.25) is 0 Å². The summed E-state index contributed by atoms with van der Waals surface area (Å²) in [6, 6.07) is 7.64. The maximum Gasteiger partial charge on any atom is 0.433 e. The van der Waals surface area contributed by atoms with Gasteiger partial charge in [0.05, 0.1) is 11.0 Å². The first kappa shape index (κ1) is 14.1. The number of non-ortho nitro benzene ring substituents is 1. The van der Waals surface area contributed by atoms with Crippen molar-refractivity contribution in [3.05, 3.63) is 74.0 Å². The van der Waals surface area contributed by atoms with E-state index in [-0.39, 0.29) is 17.0 Å². The lowest BCUT2D eigenvalue weighted by Crippen LogP contribution is -1.95. The molecule has 0 atom stereocenters. The molecule has 0 amide bonds. The molecule has 1 heterocycles. The first-order valence-electron chi connectivity index (χ1n) is 5.68. The van der Waals surface area contributed by atoms with Gasteiger partial charge in [0.25, 0.3) is 5.69 Å². The Morgan fingerprint density at radius 2 is 1.67 bits per heavy atom. The summed E-state index contributed by atoms with van der Waals surface area (Å²) in [5, 5.41) is 20.9. The van der Waals surface area contributed by atoms with Crippen molar-refractivity contribution in [1.82, 2.24) is 0 Å². The van der Waals surface area contributed by atoms with Crippen molar-refractivity contribution in [3.8, 4) is 0 Å². The lowest BCUT2D eigenvalue weighted by atomic mass is 10.1. The van der Waals surface area contributed by atoms with Crippen molar-refractivity contribution in [2.45, 2.75) is 0 Å². The molecule has 0 radical (unpaired) electrons. The van der Waals surface area contributed by atoms with Crippen molar-refractivity contribution in [3.63, 3.8) is 0 Å². The molecule has 106 valence electrons. The third kappa shape index (κ3) is 3.38. The zero-order chi connectivity index (χ0) is 15.4. The molecule has 0 N–H and O–H groups in total. The fourth-order valence-corrected chi connectivity index (χ4v) is 1.53. The number of benzene rings is 1. The average molecular weight is 288 g/mol. The highest BCUT2D eigenvalue weighted by Gasteiger charge is 2.11. The summed E-state index contributed by atoms with van der Waals surface area (Å²) in [5.74, 6) is -0.654. The molecule has 0 bridgehead atoms. The van der Waals surface area contributed by atoms with Gasteiger partial charge in [0.2, 0.25) is 0 Å². The Balaban J connectivity index is 2.11. The van der Waals surface area contributed by atoms with Gasteiger partial charge in [0.1, 0.15) is 10.7 Å². The Morgan fingerprint density at radius 1 is 1.00 bits per heavy atom. The number of nitrogens with zero attached hydrogens (tertiary/aromatic N) is 2. The molecule has 0 aliphatic heterocycles. The van der Waals surface area contributed by atoms with Crippen LogP contribution in [0, 0.1) is 20.2 Å². The number of hydrogen-bond donors (Lipinski definition) is 0. The molecule has 21 heavy (non-hydrogen) atoms. The molecule has 1 aromatic heterocycles. The first-order valence-corrected chi connectivity index (χ1v) is 5.68. The molecule has 0 fully saturated rings. The van der Waals surface area contributed by atoms with E-state index in [0.29, 0.717) is 0 Å². The minimum atomic E-state index is -0.685. The Labute approximate surface area is 117 Å². The highest BCUT2D eigenvalue weighted by Crippen LogP contribution is 2.17. The summed E-state index contributed by atoms with van der Waals surface area (Å²) in [6.07, 6.45) is 2.46. The van der Waals surface area contributed by atoms with Gasteiger partial charge in [-0.2, -0.15) is 0 Å². The van der Waals surface area contributed by atoms with Crippen LogP contribution >= 0.6 is 0 Å². The zero-order valence-electron chi connectivity index (χ0n) is 10.5. The molecule has 0 saturated heterocycles. The molecular formula is C13H8N2O6. The normalized spacial score (nSPS) is 10.7. The molecule has 0 saturated carbocycles. The smallest absolute Gasteiger partial charge is 0.401 e. The van der Waals surface area contributed by atoms with Gasteiger partial charge in [-0.25, -0.2) is 0 Å². The molecule has 0 spiro atoms. The summed E-state index contributed by atoms with van der Waals surface area (Å²) in [7, 11) is 0. The van der Waals surface area contributed by atoms with Gasteiger partial charge in [0, 0.05) is 17.7 Å². The van der Waals surface area contributed by atoms with Crippen molar-refractivity contribution in [1.29, 1.82) is 0 Å². The van der Waals surface area contributed by atoms with Gasteiger partial charge in [-0.05, 0) is 30.4 Å². The second-order valence-corrected chi connectivity index (χ2v) is 3.93. The maximum atomic E-state index is 11.8. The summed E-state index contributed by atoms with van der Waals surface area (Å²) in [6.45, 7) is 0. The van der Waals surface area contributed by atoms with Crippen LogP contribution in [0.4, 0.5) is 11.6 Å². The third-order valence-corrected chi connectivity index (χ3v) is 2.55. The molecule has 0 aliphatic rings. The van der Waals surface area contributed by atoms with E-state index >= 15 is 0 Å². The maximum absolute atomic E-state index is 11.8. The van der Waals surface area contributed by atoms with E-state index in [1.807, 2.05) is 0 Å². The molecule has 1 aromatic carbocycles. The Morgan fingerprint density at radius 3 is 2.19 bits per heavy atom. The lowest BCUT2D eigenvalue weighted by molar-refractivity contribution is -0.402. The number of nitro groups is 2. The van der Waals surface area contributed by atoms with Crippen LogP contribution in [0.3, 0.4) is 0 Å². The summed E-state index contributed by atoms with van der Waals surface area (Å²) >= 11 is 0. The second kappa shape index (κ2) is 5.78. The Hall–Kier alpha value is -3.29. The first-order chi connectivity index (χ1) is 9.97. The van der Waals surface area contributed by atoms with Gasteiger partial charge < -0.3 is 4.42 Å². The van der Waals surface area contributed by atoms with E-state index in [4.69, 9.17) is 4.42 Å². The van der Waals surface area contributed by atoms with Crippen LogP contribution in [-0.4, -0.2) is 15.6 Å². The van der Waals surface area contributed by atoms with Gasteiger partial charge in [0.15, 0.2) is 5.78 Å². The van der Waals surface area contributed by atoms with Crippen molar-refractivity contribution < 1.29 is 19.1 Å². The fraction of sp³-hybridized carbons (Fsp3) is 0. The van der Waals surface area contributed by atoms with Gasteiger partial charge in [-0.15, -0.1) is 0 Å². The van der Waals surface area contributed by atoms with Crippen LogP contribution in [0.1, 0.15) is 16.1 Å². The number of carbonyl (C=O) groups excluding carboxylic acids is 1. The van der Waals surface area contributed by atoms with Gasteiger partial charge in [-0.1, -0.05) is 0 Å². The molecule has 0 unspecified atom stereocenters. The Kier molecular flexibility index (Phi) is 3.89. The number of nitro benzene ring substituents is 1. The largest absolute Gasteiger partial charge is 0.433 e. The molecule has 0 aliphatic carbocycles. The number of furan rings is 1. The van der Waals surface area contributed by atoms with Crippen LogP contribution in [0.5, 0.6) is 0 Å². The zero-order valence-corrected chi connectivity index (χ0v) is 10.5. The molecule has 2 rings (SSSR count). The SMILES string of the molecule is O=C(C=Cc1ccc([N+](=O)[O-])o1)c1ccc([N+](=O)[O-])cc1. The predicted octanol–water partition coefficient (Wildman–Crippen LogP) is 2.99.